The van der Waals surface area contributed by atoms with Gasteiger partial charge in [-0.2, -0.15) is 0 Å². The van der Waals surface area contributed by atoms with E-state index in [2.05, 4.69) is 33.9 Å². The molecule has 0 radical (unpaired) electrons. The molecule has 3 heteroatoms. The molecule has 0 amide bonds. The molecule has 1 nitrogen and oxygen atoms in total. The number of unbranched alkanes of at least 4 members (excludes halogenated alkanes) is 1. The van der Waals surface area contributed by atoms with Crippen molar-refractivity contribution in [2.75, 3.05) is 0 Å². The van der Waals surface area contributed by atoms with Crippen LogP contribution in [0.3, 0.4) is 0 Å². The molecule has 0 N–H and O–H groups in total. The third-order valence-corrected chi connectivity index (χ3v) is 5.28. The molecule has 15 heavy (non-hydrogen) atoms. The van der Waals surface area contributed by atoms with Crippen LogP contribution in [-0.2, 0) is 4.43 Å². The van der Waals surface area contributed by atoms with Gasteiger partial charge >= 0.3 is 17.4 Å². The van der Waals surface area contributed by atoms with Gasteiger partial charge in [0, 0.05) is 6.10 Å². The molecular weight excluding hydrogens is 215 g/mol. The first-order chi connectivity index (χ1) is 6.55. The van der Waals surface area contributed by atoms with E-state index in [4.69, 9.17) is 4.43 Å². The molecule has 0 spiro atoms. The van der Waals surface area contributed by atoms with Gasteiger partial charge < -0.3 is 4.43 Å². The smallest absolute Gasteiger partial charge is 0.414 e. The molecule has 1 rings (SSSR count). The average Bonchev–Trinajstić information content (AvgIpc) is 2.16. The van der Waals surface area contributed by atoms with Crippen LogP contribution in [0.5, 0.6) is 0 Å². The van der Waals surface area contributed by atoms with Crippen LogP contribution >= 0.6 is 0 Å². The summed E-state index contributed by atoms with van der Waals surface area (Å²) < 4.78 is 5.96. The Morgan fingerprint density at radius 1 is 1.13 bits per heavy atom. The molecule has 1 saturated heterocycles. The summed E-state index contributed by atoms with van der Waals surface area (Å²) in [4.78, 5) is 0. The summed E-state index contributed by atoms with van der Waals surface area (Å²) in [6.45, 7) is 11.2. The van der Waals surface area contributed by atoms with E-state index in [9.17, 15) is 0 Å². The summed E-state index contributed by atoms with van der Waals surface area (Å²) in [5.74, 6) is 0. The summed E-state index contributed by atoms with van der Waals surface area (Å²) >= 11 is 0. The fourth-order valence-electron chi connectivity index (χ4n) is 1.61. The molecule has 0 saturated carbocycles. The largest absolute Gasteiger partial charge is 3.00 e. The minimum atomic E-state index is -1.17. The minimum Gasteiger partial charge on any atom is -0.414 e. The molecule has 0 aliphatic carbocycles. The molecule has 1 unspecified atom stereocenters. The van der Waals surface area contributed by atoms with Crippen LogP contribution < -0.4 is 0 Å². The first-order valence-electron chi connectivity index (χ1n) is 6.23. The van der Waals surface area contributed by atoms with Crippen LogP contribution in [0.15, 0.2) is 0 Å². The maximum Gasteiger partial charge on any atom is 3.00 e. The topological polar surface area (TPSA) is 9.23 Å². The van der Waals surface area contributed by atoms with Crippen molar-refractivity contribution in [2.45, 2.75) is 78.1 Å². The van der Waals surface area contributed by atoms with Crippen molar-refractivity contribution in [3.63, 3.8) is 0 Å². The van der Waals surface area contributed by atoms with Crippen molar-refractivity contribution in [3.8, 4) is 0 Å². The van der Waals surface area contributed by atoms with Crippen molar-refractivity contribution < 1.29 is 4.43 Å². The van der Waals surface area contributed by atoms with Crippen molar-refractivity contribution in [1.29, 1.82) is 0 Å². The first-order valence-corrected chi connectivity index (χ1v) is 9.35. The summed E-state index contributed by atoms with van der Waals surface area (Å²) in [7, 11) is -1.17. The molecule has 0 aromatic rings. The molecule has 1 fully saturated rings. The number of hydrogen-bond acceptors (Lipinski definition) is 1. The van der Waals surface area contributed by atoms with Crippen LogP contribution in [0.25, 0.3) is 0 Å². The van der Waals surface area contributed by atoms with Gasteiger partial charge in [0.1, 0.15) is 0 Å². The molecule has 1 aliphatic heterocycles. The Bertz CT molecular complexity index is 138. The van der Waals surface area contributed by atoms with Gasteiger partial charge in [-0.1, -0.05) is 40.0 Å². The normalized spacial score (nSPS) is 23.4. The van der Waals surface area contributed by atoms with E-state index in [1.54, 1.807) is 0 Å². The van der Waals surface area contributed by atoms with Crippen molar-refractivity contribution in [3.05, 3.63) is 0 Å². The zero-order valence-corrected chi connectivity index (χ0v) is 13.5. The van der Waals surface area contributed by atoms with Gasteiger partial charge in [0.2, 0.25) is 0 Å². The van der Waals surface area contributed by atoms with Gasteiger partial charge in [-0.15, -0.1) is 0 Å². The molecule has 0 aromatic heterocycles. The third-order valence-electron chi connectivity index (χ3n) is 2.75. The summed E-state index contributed by atoms with van der Waals surface area (Å²) in [5.41, 5.74) is 0. The van der Waals surface area contributed by atoms with Crippen LogP contribution in [0.4, 0.5) is 0 Å². The van der Waals surface area contributed by atoms with Gasteiger partial charge in [-0.25, -0.2) is 0 Å². The maximum atomic E-state index is 5.96. The van der Waals surface area contributed by atoms with E-state index in [0.717, 1.165) is 0 Å². The first kappa shape index (κ1) is 18.1. The summed E-state index contributed by atoms with van der Waals surface area (Å²) in [5, 5.41) is 0. The molecule has 0 aromatic carbocycles. The fraction of sp³-hybridized carbons (Fsp3) is 1.00. The van der Waals surface area contributed by atoms with Crippen molar-refractivity contribution >= 4 is 25.7 Å². The average molecular weight is 243 g/mol. The number of rotatable bonds is 2. The molecule has 0 bridgehead atoms. The molecular formula is C12H28AlOSi+3. The second-order valence-electron chi connectivity index (χ2n) is 4.80. The van der Waals surface area contributed by atoms with Crippen LogP contribution in [0, 0.1) is 0 Å². The van der Waals surface area contributed by atoms with E-state index < -0.39 is 8.32 Å². The van der Waals surface area contributed by atoms with E-state index >= 15 is 0 Å². The number of hydrogen-bond donors (Lipinski definition) is 0. The zero-order valence-electron chi connectivity index (χ0n) is 11.3. The summed E-state index contributed by atoms with van der Waals surface area (Å²) in [6, 6.07) is 1.36. The van der Waals surface area contributed by atoms with E-state index in [-0.39, 0.29) is 17.4 Å². The maximum absolute atomic E-state index is 5.96. The monoisotopic (exact) mass is 243 g/mol. The Balaban J connectivity index is 0. The van der Waals surface area contributed by atoms with Crippen LogP contribution in [-0.4, -0.2) is 31.8 Å². The predicted octanol–water partition coefficient (Wildman–Crippen LogP) is 4.21. The Labute approximate surface area is 108 Å². The minimum absolute atomic E-state index is 0. The van der Waals surface area contributed by atoms with Gasteiger partial charge in [-0.05, 0) is 32.0 Å². The van der Waals surface area contributed by atoms with Gasteiger partial charge in [-0.3, -0.25) is 0 Å². The van der Waals surface area contributed by atoms with Crippen LogP contribution in [0.2, 0.25) is 19.1 Å². The SMILES string of the molecule is CCC1CCC[Si](C)(C)O1.CCCC.[Al+3]. The zero-order chi connectivity index (χ0) is 11.0. The van der Waals surface area contributed by atoms with Crippen LogP contribution in [0.1, 0.15) is 52.9 Å². The molecule has 1 heterocycles. The Kier molecular flexibility index (Phi) is 11.9. The molecule has 1 atom stereocenters. The Morgan fingerprint density at radius 2 is 1.67 bits per heavy atom. The quantitative estimate of drug-likeness (QED) is 0.660. The molecule has 1 aliphatic rings. The summed E-state index contributed by atoms with van der Waals surface area (Å²) in [6.07, 6.45) is 7.14. The van der Waals surface area contributed by atoms with Crippen molar-refractivity contribution in [2.24, 2.45) is 0 Å². The third kappa shape index (κ3) is 9.63. The Morgan fingerprint density at radius 3 is 1.93 bits per heavy atom. The van der Waals surface area contributed by atoms with Crippen molar-refractivity contribution in [1.82, 2.24) is 0 Å². The second kappa shape index (κ2) is 9.90. The predicted molar refractivity (Wildman–Crippen MR) is 73.0 cm³/mol. The standard InChI is InChI=1S/C8H18OSi.C4H10.Al/c1-4-8-6-5-7-10(2,3)9-8;1-3-4-2;/h8H,4-7H2,1-3H3;3-4H2,1-2H3;/q;;+3. The second-order valence-corrected chi connectivity index (χ2v) is 9.06. The Hall–Kier alpha value is 0.709. The molecule has 86 valence electrons. The fourth-order valence-corrected chi connectivity index (χ4v) is 3.97. The van der Waals surface area contributed by atoms with Gasteiger partial charge in [0.05, 0.1) is 0 Å². The van der Waals surface area contributed by atoms with E-state index in [1.165, 1.54) is 38.1 Å². The van der Waals surface area contributed by atoms with Gasteiger partial charge in [0.15, 0.2) is 8.32 Å². The van der Waals surface area contributed by atoms with E-state index in [1.807, 2.05) is 0 Å². The van der Waals surface area contributed by atoms with E-state index in [0.29, 0.717) is 6.10 Å². The van der Waals surface area contributed by atoms with Gasteiger partial charge in [0.25, 0.3) is 0 Å².